The van der Waals surface area contributed by atoms with Gasteiger partial charge >= 0.3 is 12.1 Å². The lowest BCUT2D eigenvalue weighted by molar-refractivity contribution is -0.192. The highest BCUT2D eigenvalue weighted by atomic mass is 19.4. The van der Waals surface area contributed by atoms with Crippen molar-refractivity contribution < 1.29 is 55.7 Å². The summed E-state index contributed by atoms with van der Waals surface area (Å²) in [7, 11) is 1.51. The molecule has 52 heavy (non-hydrogen) atoms. The van der Waals surface area contributed by atoms with Crippen LogP contribution in [0.2, 0.25) is 0 Å². The van der Waals surface area contributed by atoms with Gasteiger partial charge in [-0.1, -0.05) is 0 Å². The van der Waals surface area contributed by atoms with Crippen LogP contribution in [0.4, 0.5) is 27.6 Å². The number of carboxylic acid groups (broad SMARTS) is 1. The van der Waals surface area contributed by atoms with Gasteiger partial charge in [0.05, 0.1) is 49.1 Å². The van der Waals surface area contributed by atoms with Gasteiger partial charge in [0, 0.05) is 60.1 Å². The zero-order chi connectivity index (χ0) is 38.0. The van der Waals surface area contributed by atoms with Crippen molar-refractivity contribution in [2.45, 2.75) is 38.6 Å². The molecule has 4 aromatic rings. The van der Waals surface area contributed by atoms with Gasteiger partial charge in [-0.05, 0) is 38.1 Å². The smallest absolute Gasteiger partial charge is 0.490 e. The maximum Gasteiger partial charge on any atom is 0.490 e. The standard InChI is InChI=1S/C32H32F2N6O5.C2HF3O2/c1-32(2)17-44-7-6-39(32)31(42)29-25-16-45-27-13-26(43-3)23(18-8-21(15-36-14-18)37-28(41)4-5-35)12-24(27)30(25)40(38-29)22-10-19(33)9-20(34)11-22;3-2(4,5)1(6)7/h8-15H,4-7,16-17,35H2,1-3H3,(H,37,41);(H,6,7). The van der Waals surface area contributed by atoms with Crippen molar-refractivity contribution in [1.82, 2.24) is 19.7 Å². The van der Waals surface area contributed by atoms with Crippen molar-refractivity contribution in [2.75, 3.05) is 38.7 Å². The molecule has 6 rings (SSSR count). The Kier molecular flexibility index (Phi) is 10.8. The second kappa shape index (κ2) is 14.9. The number of morpholine rings is 1. The summed E-state index contributed by atoms with van der Waals surface area (Å²) < 4.78 is 79.6. The first-order chi connectivity index (χ1) is 24.5. The lowest BCUT2D eigenvalue weighted by atomic mass is 9.95. The van der Waals surface area contributed by atoms with Crippen LogP contribution in [0.15, 0.2) is 48.8 Å². The van der Waals surface area contributed by atoms with Crippen molar-refractivity contribution in [3.05, 3.63) is 71.7 Å². The molecule has 2 aliphatic heterocycles. The first-order valence-corrected chi connectivity index (χ1v) is 15.6. The molecule has 2 aromatic carbocycles. The molecule has 1 fully saturated rings. The molecule has 2 amide bonds. The number of alkyl halides is 3. The third-order valence-electron chi connectivity index (χ3n) is 8.04. The number of hydrogen-bond donors (Lipinski definition) is 3. The van der Waals surface area contributed by atoms with E-state index in [4.69, 9.17) is 29.8 Å². The number of benzene rings is 2. The number of nitrogens with one attached hydrogen (secondary N) is 1. The van der Waals surface area contributed by atoms with Crippen molar-refractivity contribution >= 4 is 23.5 Å². The number of halogens is 5. The molecule has 1 saturated heterocycles. The molecule has 0 saturated carbocycles. The molecule has 18 heteroatoms. The molecular weight excluding hydrogens is 699 g/mol. The number of hydrogen-bond acceptors (Lipinski definition) is 9. The molecule has 0 radical (unpaired) electrons. The molecule has 0 bridgehead atoms. The highest BCUT2D eigenvalue weighted by Crippen LogP contribution is 2.46. The summed E-state index contributed by atoms with van der Waals surface area (Å²) in [6.07, 6.45) is -1.80. The number of aliphatic carboxylic acids is 1. The molecule has 13 nitrogen and oxygen atoms in total. The monoisotopic (exact) mass is 732 g/mol. The van der Waals surface area contributed by atoms with Crippen LogP contribution in [0, 0.1) is 11.6 Å². The second-order valence-corrected chi connectivity index (χ2v) is 12.2. The minimum atomic E-state index is -5.08. The maximum absolute atomic E-state index is 14.5. The minimum absolute atomic E-state index is 0.0152. The molecule has 0 spiro atoms. The summed E-state index contributed by atoms with van der Waals surface area (Å²) in [5.41, 5.74) is 8.21. The molecule has 0 aliphatic carbocycles. The lowest BCUT2D eigenvalue weighted by Gasteiger charge is -2.41. The van der Waals surface area contributed by atoms with E-state index in [9.17, 15) is 31.5 Å². The molecule has 0 atom stereocenters. The van der Waals surface area contributed by atoms with E-state index in [1.165, 1.54) is 18.0 Å². The summed E-state index contributed by atoms with van der Waals surface area (Å²) in [6.45, 7) is 5.07. The fourth-order valence-electron chi connectivity index (χ4n) is 5.67. The number of carboxylic acids is 1. The van der Waals surface area contributed by atoms with Crippen LogP contribution >= 0.6 is 0 Å². The number of methoxy groups -OCH3 is 1. The summed E-state index contributed by atoms with van der Waals surface area (Å²) >= 11 is 0. The molecule has 2 aromatic heterocycles. The normalized spacial score (nSPS) is 14.6. The Morgan fingerprint density at radius 1 is 1.06 bits per heavy atom. The number of carbonyl (C=O) groups excluding carboxylic acids is 2. The predicted molar refractivity (Wildman–Crippen MR) is 175 cm³/mol. The molecule has 4 N–H and O–H groups in total. The van der Waals surface area contributed by atoms with E-state index >= 15 is 0 Å². The van der Waals surface area contributed by atoms with Gasteiger partial charge in [-0.25, -0.2) is 18.3 Å². The predicted octanol–water partition coefficient (Wildman–Crippen LogP) is 4.95. The summed E-state index contributed by atoms with van der Waals surface area (Å²) in [5, 5.41) is 14.6. The number of pyridine rings is 1. The Bertz CT molecular complexity index is 2000. The number of fused-ring (bicyclic) bond motifs is 3. The van der Waals surface area contributed by atoms with Crippen LogP contribution in [0.25, 0.3) is 28.1 Å². The van der Waals surface area contributed by atoms with Gasteiger partial charge in [-0.15, -0.1) is 0 Å². The fraction of sp³-hybridized carbons (Fsp3) is 0.324. The summed E-state index contributed by atoms with van der Waals surface area (Å²) in [4.78, 5) is 41.1. The fourth-order valence-corrected chi connectivity index (χ4v) is 5.67. The Morgan fingerprint density at radius 3 is 2.37 bits per heavy atom. The Hall–Kier alpha value is -5.62. The first kappa shape index (κ1) is 37.6. The van der Waals surface area contributed by atoms with Crippen LogP contribution in [0.1, 0.15) is 36.3 Å². The Labute approximate surface area is 293 Å². The second-order valence-electron chi connectivity index (χ2n) is 12.2. The zero-order valence-corrected chi connectivity index (χ0v) is 28.0. The van der Waals surface area contributed by atoms with Crippen LogP contribution in [0.5, 0.6) is 11.5 Å². The SMILES string of the molecule is COc1cc2c(cc1-c1cncc(NC(=O)CCN)c1)-c1c(c(C(=O)N3CCOCC3(C)C)nn1-c1cc(F)cc(F)c1)CO2.O=C(O)C(F)(F)F. The topological polar surface area (TPSA) is 171 Å². The molecule has 0 unspecified atom stereocenters. The largest absolute Gasteiger partial charge is 0.496 e. The average molecular weight is 733 g/mol. The van der Waals surface area contributed by atoms with Crippen LogP contribution in [-0.4, -0.2) is 87.7 Å². The quantitative estimate of drug-likeness (QED) is 0.221. The Morgan fingerprint density at radius 2 is 1.75 bits per heavy atom. The van der Waals surface area contributed by atoms with E-state index in [1.54, 1.807) is 29.3 Å². The number of nitrogens with two attached hydrogens (primary N) is 1. The van der Waals surface area contributed by atoms with Crippen LogP contribution < -0.4 is 20.5 Å². The lowest BCUT2D eigenvalue weighted by Crippen LogP contribution is -2.55. The third kappa shape index (κ3) is 7.97. The number of rotatable bonds is 7. The van der Waals surface area contributed by atoms with Crippen molar-refractivity contribution in [1.29, 1.82) is 0 Å². The molecular formula is C34H33F5N6O7. The molecule has 4 heterocycles. The summed E-state index contributed by atoms with van der Waals surface area (Å²) in [6, 6.07) is 8.30. The van der Waals surface area contributed by atoms with Gasteiger partial charge in [-0.3, -0.25) is 14.6 Å². The van der Waals surface area contributed by atoms with Gasteiger partial charge in [0.1, 0.15) is 29.7 Å². The van der Waals surface area contributed by atoms with Crippen molar-refractivity contribution in [3.63, 3.8) is 0 Å². The van der Waals surface area contributed by atoms with E-state index in [-0.39, 0.29) is 42.8 Å². The maximum atomic E-state index is 14.5. The summed E-state index contributed by atoms with van der Waals surface area (Å²) in [5.74, 6) is -4.06. The van der Waals surface area contributed by atoms with Gasteiger partial charge in [0.25, 0.3) is 5.91 Å². The minimum Gasteiger partial charge on any atom is -0.496 e. The first-order valence-electron chi connectivity index (χ1n) is 15.6. The van der Waals surface area contributed by atoms with E-state index < -0.39 is 29.3 Å². The number of anilines is 1. The van der Waals surface area contributed by atoms with E-state index in [0.717, 1.165) is 18.2 Å². The van der Waals surface area contributed by atoms with E-state index in [2.05, 4.69) is 15.4 Å². The van der Waals surface area contributed by atoms with Crippen molar-refractivity contribution in [3.8, 4) is 39.6 Å². The average Bonchev–Trinajstić information content (AvgIpc) is 3.47. The van der Waals surface area contributed by atoms with E-state index in [0.29, 0.717) is 64.9 Å². The number of amides is 2. The van der Waals surface area contributed by atoms with Crippen LogP contribution in [0.3, 0.4) is 0 Å². The molecule has 276 valence electrons. The van der Waals surface area contributed by atoms with Gasteiger partial charge in [0.2, 0.25) is 5.91 Å². The van der Waals surface area contributed by atoms with E-state index in [1.807, 2.05) is 13.8 Å². The van der Waals surface area contributed by atoms with Crippen molar-refractivity contribution in [2.24, 2.45) is 5.73 Å². The number of aromatic nitrogens is 3. The highest BCUT2D eigenvalue weighted by molar-refractivity contribution is 5.98. The molecule has 2 aliphatic rings. The van der Waals surface area contributed by atoms with Gasteiger partial charge < -0.3 is 35.3 Å². The van der Waals surface area contributed by atoms with Gasteiger partial charge in [0.15, 0.2) is 5.69 Å². The number of carbonyl (C=O) groups is 3. The zero-order valence-electron chi connectivity index (χ0n) is 28.0. The van der Waals surface area contributed by atoms with Gasteiger partial charge in [-0.2, -0.15) is 18.3 Å². The number of nitrogens with zero attached hydrogens (tertiary/aromatic N) is 4. The van der Waals surface area contributed by atoms with Crippen LogP contribution in [-0.2, 0) is 20.9 Å². The highest BCUT2D eigenvalue weighted by Gasteiger charge is 2.40. The Balaban J connectivity index is 0.000000679. The number of ether oxygens (including phenoxy) is 3. The third-order valence-corrected chi connectivity index (χ3v) is 8.04.